The zero-order chi connectivity index (χ0) is 27.4. The van der Waals surface area contributed by atoms with Crippen LogP contribution >= 0.6 is 0 Å². The van der Waals surface area contributed by atoms with Crippen LogP contribution in [-0.2, 0) is 9.53 Å². The van der Waals surface area contributed by atoms with Gasteiger partial charge in [0.15, 0.2) is 23.0 Å². The Bertz CT molecular complexity index is 1610. The molecule has 7 rings (SSSR count). The van der Waals surface area contributed by atoms with Crippen molar-refractivity contribution >= 4 is 22.6 Å². The fraction of sp³-hybridized carbons (Fsp3) is 0.290. The molecule has 0 amide bonds. The second-order valence-electron chi connectivity index (χ2n) is 10.1. The van der Waals surface area contributed by atoms with Crippen LogP contribution in [0.5, 0.6) is 28.7 Å². The first kappa shape index (κ1) is 24.4. The number of benzene rings is 3. The van der Waals surface area contributed by atoms with Crippen molar-refractivity contribution in [2.24, 2.45) is 11.8 Å². The van der Waals surface area contributed by atoms with Crippen molar-refractivity contribution in [3.05, 3.63) is 77.5 Å². The molecule has 3 aromatic carbocycles. The Hall–Kier alpha value is -4.66. The van der Waals surface area contributed by atoms with Crippen molar-refractivity contribution in [3.8, 4) is 28.7 Å². The van der Waals surface area contributed by atoms with Crippen molar-refractivity contribution in [2.45, 2.75) is 12.0 Å². The maximum absolute atomic E-state index is 13.5. The van der Waals surface area contributed by atoms with Crippen LogP contribution in [0.1, 0.15) is 28.7 Å². The van der Waals surface area contributed by atoms with Crippen molar-refractivity contribution in [2.75, 3.05) is 40.0 Å². The quantitative estimate of drug-likeness (QED) is 0.336. The minimum atomic E-state index is -0.457. The molecule has 3 aliphatic rings. The number of esters is 1. The van der Waals surface area contributed by atoms with Gasteiger partial charge >= 0.3 is 5.97 Å². The Morgan fingerprint density at radius 2 is 1.62 bits per heavy atom. The van der Waals surface area contributed by atoms with E-state index in [1.165, 1.54) is 0 Å². The molecule has 4 atom stereocenters. The van der Waals surface area contributed by atoms with Gasteiger partial charge in [-0.05, 0) is 65.2 Å². The third-order valence-electron chi connectivity index (χ3n) is 8.19. The van der Waals surface area contributed by atoms with E-state index < -0.39 is 5.92 Å². The fourth-order valence-corrected chi connectivity index (χ4v) is 6.43. The first-order valence-corrected chi connectivity index (χ1v) is 13.1. The third kappa shape index (κ3) is 3.68. The molecule has 204 valence electrons. The number of aromatic nitrogens is 1. The van der Waals surface area contributed by atoms with Crippen molar-refractivity contribution in [1.82, 2.24) is 4.98 Å². The molecule has 1 aromatic heterocycles. The number of cyclic esters (lactones) is 1. The van der Waals surface area contributed by atoms with E-state index >= 15 is 0 Å². The monoisotopic (exact) mass is 540 g/mol. The van der Waals surface area contributed by atoms with Gasteiger partial charge < -0.3 is 33.7 Å². The molecule has 1 saturated heterocycles. The lowest BCUT2D eigenvalue weighted by Gasteiger charge is -2.40. The van der Waals surface area contributed by atoms with Crippen LogP contribution < -0.4 is 29.0 Å². The molecule has 1 fully saturated rings. The number of rotatable bonds is 6. The molecule has 0 saturated carbocycles. The van der Waals surface area contributed by atoms with E-state index in [2.05, 4.69) is 10.3 Å². The molecule has 9 heteroatoms. The van der Waals surface area contributed by atoms with E-state index in [1.807, 2.05) is 54.6 Å². The number of hydrogen-bond donors (Lipinski definition) is 1. The number of carbonyl (C=O) groups is 1. The number of hydrogen-bond acceptors (Lipinski definition) is 9. The molecular weight excluding hydrogens is 512 g/mol. The number of carbonyl (C=O) groups excluding carboxylic acids is 1. The number of methoxy groups -OCH3 is 3. The lowest BCUT2D eigenvalue weighted by atomic mass is 9.65. The van der Waals surface area contributed by atoms with Gasteiger partial charge in [0.1, 0.15) is 0 Å². The van der Waals surface area contributed by atoms with Crippen LogP contribution in [-0.4, -0.2) is 45.7 Å². The van der Waals surface area contributed by atoms with Gasteiger partial charge in [-0.3, -0.25) is 9.78 Å². The largest absolute Gasteiger partial charge is 0.493 e. The highest BCUT2D eigenvalue weighted by atomic mass is 16.7. The molecule has 0 bridgehead atoms. The summed E-state index contributed by atoms with van der Waals surface area (Å²) in [7, 11) is 4.74. The maximum atomic E-state index is 13.5. The lowest BCUT2D eigenvalue weighted by molar-refractivity contribution is -0.141. The van der Waals surface area contributed by atoms with Crippen LogP contribution in [0.25, 0.3) is 10.9 Å². The average molecular weight is 541 g/mol. The van der Waals surface area contributed by atoms with E-state index in [4.69, 9.17) is 28.4 Å². The molecule has 2 aliphatic heterocycles. The Labute approximate surface area is 230 Å². The minimum absolute atomic E-state index is 0.148. The Morgan fingerprint density at radius 1 is 0.875 bits per heavy atom. The standard InChI is InChI=1S/C31H28N2O7/c1-35-25-10-16(11-26(36-2)30(25)37-3)27-18-12-23-24(40-15-39-23)13-19(18)29(20-14-38-31(34)28(20)27)33-22-8-4-7-21-17(22)6-5-9-32-21/h4-13,20,27-29,33H,14-15H2,1-3H3/t20-,27+,28-,29+/m0/s1. The number of nitrogens with one attached hydrogen (secondary N) is 1. The zero-order valence-electron chi connectivity index (χ0n) is 22.3. The van der Waals surface area contributed by atoms with Gasteiger partial charge in [-0.15, -0.1) is 0 Å². The highest BCUT2D eigenvalue weighted by Crippen LogP contribution is 2.56. The summed E-state index contributed by atoms with van der Waals surface area (Å²) in [5.74, 6) is 1.66. The average Bonchev–Trinajstić information content (AvgIpc) is 3.61. The normalized spacial score (nSPS) is 22.3. The van der Waals surface area contributed by atoms with Gasteiger partial charge in [0.05, 0.1) is 45.4 Å². The number of ether oxygens (including phenoxy) is 6. The summed E-state index contributed by atoms with van der Waals surface area (Å²) in [6.45, 7) is 0.439. The van der Waals surface area contributed by atoms with Gasteiger partial charge in [-0.2, -0.15) is 0 Å². The summed E-state index contributed by atoms with van der Waals surface area (Å²) >= 11 is 0. The van der Waals surface area contributed by atoms with Gasteiger partial charge in [-0.25, -0.2) is 0 Å². The first-order valence-electron chi connectivity index (χ1n) is 13.1. The van der Waals surface area contributed by atoms with Gasteiger partial charge in [0.25, 0.3) is 0 Å². The molecular formula is C31H28N2O7. The topological polar surface area (TPSA) is 97.4 Å². The fourth-order valence-electron chi connectivity index (χ4n) is 6.43. The van der Waals surface area contributed by atoms with Crippen LogP contribution in [0.2, 0.25) is 0 Å². The predicted octanol–water partition coefficient (Wildman–Crippen LogP) is 5.08. The van der Waals surface area contributed by atoms with Crippen molar-refractivity contribution in [1.29, 1.82) is 0 Å². The SMILES string of the molecule is COc1cc([C@@H]2c3cc4c(cc3[C@@H](Nc3cccc5ncccc35)[C@H]3COC(=O)[C@H]23)OCO4)cc(OC)c1OC. The summed E-state index contributed by atoms with van der Waals surface area (Å²) < 4.78 is 34.2. The molecule has 0 spiro atoms. The summed E-state index contributed by atoms with van der Waals surface area (Å²) in [5, 5.41) is 4.76. The molecule has 0 radical (unpaired) electrons. The predicted molar refractivity (Wildman–Crippen MR) is 147 cm³/mol. The molecule has 40 heavy (non-hydrogen) atoms. The van der Waals surface area contributed by atoms with Crippen LogP contribution in [0.3, 0.4) is 0 Å². The Morgan fingerprint density at radius 3 is 2.35 bits per heavy atom. The van der Waals surface area contributed by atoms with Gasteiger partial charge in [0, 0.05) is 29.1 Å². The highest BCUT2D eigenvalue weighted by molar-refractivity contribution is 5.91. The van der Waals surface area contributed by atoms with Crippen molar-refractivity contribution < 1.29 is 33.2 Å². The smallest absolute Gasteiger partial charge is 0.310 e. The third-order valence-corrected chi connectivity index (χ3v) is 8.19. The van der Waals surface area contributed by atoms with E-state index in [0.717, 1.165) is 33.3 Å². The summed E-state index contributed by atoms with van der Waals surface area (Å²) in [6, 6.07) is 17.6. The van der Waals surface area contributed by atoms with Crippen LogP contribution in [0, 0.1) is 11.8 Å². The van der Waals surface area contributed by atoms with E-state index in [0.29, 0.717) is 35.4 Å². The van der Waals surface area contributed by atoms with Crippen molar-refractivity contribution in [3.63, 3.8) is 0 Å². The van der Waals surface area contributed by atoms with E-state index in [1.54, 1.807) is 27.5 Å². The Balaban J connectivity index is 1.43. The number of pyridine rings is 1. The van der Waals surface area contributed by atoms with Crippen LogP contribution in [0.4, 0.5) is 5.69 Å². The van der Waals surface area contributed by atoms with E-state index in [9.17, 15) is 4.79 Å². The van der Waals surface area contributed by atoms with E-state index in [-0.39, 0.29) is 30.6 Å². The van der Waals surface area contributed by atoms with Gasteiger partial charge in [-0.1, -0.05) is 6.07 Å². The lowest BCUT2D eigenvalue weighted by Crippen LogP contribution is -2.37. The zero-order valence-corrected chi connectivity index (χ0v) is 22.3. The Kier molecular flexibility index (Phi) is 5.80. The minimum Gasteiger partial charge on any atom is -0.493 e. The second kappa shape index (κ2) is 9.51. The molecule has 1 N–H and O–H groups in total. The molecule has 0 unspecified atom stereocenters. The summed E-state index contributed by atoms with van der Waals surface area (Å²) in [4.78, 5) is 18.0. The molecule has 1 aliphatic carbocycles. The number of anilines is 1. The second-order valence-corrected chi connectivity index (χ2v) is 10.1. The number of nitrogens with zero attached hydrogens (tertiary/aromatic N) is 1. The number of fused-ring (bicyclic) bond motifs is 4. The molecule has 3 heterocycles. The molecule has 9 nitrogen and oxygen atoms in total. The highest BCUT2D eigenvalue weighted by Gasteiger charge is 2.52. The van der Waals surface area contributed by atoms with Crippen LogP contribution in [0.15, 0.2) is 60.8 Å². The van der Waals surface area contributed by atoms with Gasteiger partial charge in [0.2, 0.25) is 12.5 Å². The first-order chi connectivity index (χ1) is 19.6. The summed E-state index contributed by atoms with van der Waals surface area (Å²) in [6.07, 6.45) is 1.78. The summed E-state index contributed by atoms with van der Waals surface area (Å²) in [5.41, 5.74) is 4.65. The maximum Gasteiger partial charge on any atom is 0.310 e. The molecule has 4 aromatic rings.